The van der Waals surface area contributed by atoms with E-state index in [1.807, 2.05) is 0 Å². The molecule has 2 aliphatic rings. The number of sulfone groups is 2. The summed E-state index contributed by atoms with van der Waals surface area (Å²) >= 11 is 0. The second kappa shape index (κ2) is 9.06. The molecule has 2 N–H and O–H groups in total. The van der Waals surface area contributed by atoms with Crippen molar-refractivity contribution in [1.29, 1.82) is 0 Å². The van der Waals surface area contributed by atoms with E-state index in [0.717, 1.165) is 12.1 Å². The van der Waals surface area contributed by atoms with Crippen LogP contribution < -0.4 is 5.46 Å². The molecule has 1 amide bonds. The third kappa shape index (κ3) is 4.51. The van der Waals surface area contributed by atoms with Crippen LogP contribution in [0.25, 0.3) is 0 Å². The van der Waals surface area contributed by atoms with Crippen molar-refractivity contribution in [1.82, 2.24) is 4.90 Å². The van der Waals surface area contributed by atoms with Crippen LogP contribution in [-0.4, -0.2) is 69.4 Å². The van der Waals surface area contributed by atoms with E-state index in [2.05, 4.69) is 0 Å². The number of hydrogen-bond donors (Lipinski definition) is 2. The molecule has 2 fully saturated rings. The molecular weight excluding hydrogens is 484 g/mol. The summed E-state index contributed by atoms with van der Waals surface area (Å²) in [6.45, 7) is 0.0166. The van der Waals surface area contributed by atoms with E-state index in [1.54, 1.807) is 0 Å². The van der Waals surface area contributed by atoms with Crippen LogP contribution in [0.3, 0.4) is 0 Å². The molecule has 2 saturated heterocycles. The number of halogens is 1. The average Bonchev–Trinajstić information content (AvgIpc) is 3.26. The van der Waals surface area contributed by atoms with E-state index >= 15 is 0 Å². The molecule has 34 heavy (non-hydrogen) atoms. The summed E-state index contributed by atoms with van der Waals surface area (Å²) in [6.07, 6.45) is 0.501. The van der Waals surface area contributed by atoms with E-state index in [0.29, 0.717) is 5.56 Å². The van der Waals surface area contributed by atoms with Crippen molar-refractivity contribution in [2.75, 3.05) is 24.6 Å². The zero-order valence-corrected chi connectivity index (χ0v) is 19.9. The quantitative estimate of drug-likeness (QED) is 0.436. The molecule has 2 aliphatic heterocycles. The highest BCUT2D eigenvalue weighted by atomic mass is 32.2. The first kappa shape index (κ1) is 24.8. The van der Waals surface area contributed by atoms with Gasteiger partial charge in [-0.1, -0.05) is 24.3 Å². The molecule has 0 spiro atoms. The van der Waals surface area contributed by atoms with Crippen LogP contribution in [0.5, 0.6) is 0 Å². The fraction of sp³-hybridized carbons (Fsp3) is 0.409. The normalized spacial score (nSPS) is 23.1. The van der Waals surface area contributed by atoms with Crippen LogP contribution in [0.1, 0.15) is 24.8 Å². The molecule has 0 radical (unpaired) electrons. The number of carbonyl (C=O) groups excluding carboxylic acids is 1. The second-order valence-corrected chi connectivity index (χ2v) is 13.4. The summed E-state index contributed by atoms with van der Waals surface area (Å²) in [5.74, 6) is -1.47. The minimum atomic E-state index is -4.10. The molecule has 1 atom stereocenters. The lowest BCUT2D eigenvalue weighted by atomic mass is 9.79. The maximum absolute atomic E-state index is 13.9. The van der Waals surface area contributed by atoms with Gasteiger partial charge in [-0.15, -0.1) is 0 Å². The summed E-state index contributed by atoms with van der Waals surface area (Å²) in [4.78, 5) is 14.6. The Morgan fingerprint density at radius 1 is 1.03 bits per heavy atom. The van der Waals surface area contributed by atoms with Gasteiger partial charge in [-0.05, 0) is 54.6 Å². The second-order valence-electron chi connectivity index (χ2n) is 8.88. The smallest absolute Gasteiger partial charge is 0.423 e. The Balaban J connectivity index is 1.71. The summed E-state index contributed by atoms with van der Waals surface area (Å²) in [5.41, 5.74) is 0.565. The first-order valence-corrected chi connectivity index (χ1v) is 14.2. The van der Waals surface area contributed by atoms with Crippen LogP contribution >= 0.6 is 0 Å². The lowest BCUT2D eigenvalue weighted by Crippen LogP contribution is -2.43. The van der Waals surface area contributed by atoms with Crippen LogP contribution in [0.2, 0.25) is 0 Å². The van der Waals surface area contributed by atoms with Gasteiger partial charge in [0.25, 0.3) is 0 Å². The number of nitrogens with zero attached hydrogens (tertiary/aromatic N) is 1. The van der Waals surface area contributed by atoms with Crippen LogP contribution in [0.15, 0.2) is 53.4 Å². The van der Waals surface area contributed by atoms with Crippen LogP contribution in [0, 0.1) is 11.7 Å². The van der Waals surface area contributed by atoms with Gasteiger partial charge in [0.15, 0.2) is 9.84 Å². The lowest BCUT2D eigenvalue weighted by Gasteiger charge is -2.31. The molecule has 2 aromatic carbocycles. The topological polar surface area (TPSA) is 129 Å². The Bertz CT molecular complexity index is 1270. The highest BCUT2D eigenvalue weighted by Crippen LogP contribution is 2.44. The molecule has 2 heterocycles. The van der Waals surface area contributed by atoms with E-state index < -0.39 is 43.3 Å². The van der Waals surface area contributed by atoms with E-state index in [9.17, 15) is 36.1 Å². The van der Waals surface area contributed by atoms with Crippen LogP contribution in [0.4, 0.5) is 4.39 Å². The Labute approximate surface area is 198 Å². The Morgan fingerprint density at radius 2 is 1.62 bits per heavy atom. The number of benzene rings is 2. The van der Waals surface area contributed by atoms with Crippen molar-refractivity contribution >= 4 is 38.2 Å². The lowest BCUT2D eigenvalue weighted by molar-refractivity contribution is -0.134. The number of likely N-dealkylation sites (tertiary alicyclic amines) is 1. The van der Waals surface area contributed by atoms with Gasteiger partial charge < -0.3 is 14.9 Å². The van der Waals surface area contributed by atoms with Gasteiger partial charge in [0.05, 0.1) is 16.4 Å². The van der Waals surface area contributed by atoms with Gasteiger partial charge >= 0.3 is 7.12 Å². The van der Waals surface area contributed by atoms with Gasteiger partial charge in [0, 0.05) is 19.0 Å². The fourth-order valence-corrected chi connectivity index (χ4v) is 8.34. The van der Waals surface area contributed by atoms with E-state index in [4.69, 9.17) is 0 Å². The van der Waals surface area contributed by atoms with Crippen molar-refractivity contribution in [3.8, 4) is 0 Å². The summed E-state index contributed by atoms with van der Waals surface area (Å²) in [7, 11) is -8.97. The van der Waals surface area contributed by atoms with Crippen molar-refractivity contribution in [3.63, 3.8) is 0 Å². The molecule has 0 unspecified atom stereocenters. The first-order chi connectivity index (χ1) is 15.9. The van der Waals surface area contributed by atoms with E-state index in [1.165, 1.54) is 41.3 Å². The Hall–Kier alpha value is -2.28. The van der Waals surface area contributed by atoms with Gasteiger partial charge in [0.1, 0.15) is 20.4 Å². The maximum atomic E-state index is 13.9. The highest BCUT2D eigenvalue weighted by Gasteiger charge is 2.52. The maximum Gasteiger partial charge on any atom is 0.488 e. The van der Waals surface area contributed by atoms with Gasteiger partial charge in [0.2, 0.25) is 5.91 Å². The van der Waals surface area contributed by atoms with Crippen molar-refractivity contribution in [2.45, 2.75) is 28.9 Å². The molecule has 0 bridgehead atoms. The summed E-state index contributed by atoms with van der Waals surface area (Å²) in [6, 6.07) is 10.3. The monoisotopic (exact) mass is 509 g/mol. The number of carbonyl (C=O) groups is 1. The summed E-state index contributed by atoms with van der Waals surface area (Å²) in [5, 5.41) is 18.8. The first-order valence-electron chi connectivity index (χ1n) is 10.9. The SMILES string of the molecule is O=C(C1CCS(=O)(=O)CC1)N1CC[C@](c2ccc(B(O)O)cc2)(S(=O)(=O)c2ccc(F)cc2)C1. The molecule has 4 rings (SSSR count). The van der Waals surface area contributed by atoms with Crippen LogP contribution in [-0.2, 0) is 29.2 Å². The van der Waals surface area contributed by atoms with Gasteiger partial charge in [-0.2, -0.15) is 0 Å². The molecular formula is C22H25BFNO7S2. The molecule has 0 saturated carbocycles. The zero-order valence-electron chi connectivity index (χ0n) is 18.3. The summed E-state index contributed by atoms with van der Waals surface area (Å²) < 4.78 is 63.2. The average molecular weight is 509 g/mol. The Morgan fingerprint density at radius 3 is 2.18 bits per heavy atom. The predicted octanol–water partition coefficient (Wildman–Crippen LogP) is 0.232. The number of hydrogen-bond acceptors (Lipinski definition) is 7. The standard InChI is InChI=1S/C22H25BFNO7S2/c24-19-5-7-20(8-6-19)34(31,32)22(17-1-3-18(4-2-17)23(27)28)11-12-25(15-22)21(26)16-9-13-33(29,30)14-10-16/h1-8,16,27-28H,9-15H2/t22-/m0/s1. The minimum Gasteiger partial charge on any atom is -0.423 e. The van der Waals surface area contributed by atoms with Crippen molar-refractivity contribution < 1.29 is 36.1 Å². The van der Waals surface area contributed by atoms with Crippen molar-refractivity contribution in [2.24, 2.45) is 5.92 Å². The number of rotatable bonds is 5. The van der Waals surface area contributed by atoms with Gasteiger partial charge in [-0.25, -0.2) is 21.2 Å². The van der Waals surface area contributed by atoms with Crippen molar-refractivity contribution in [3.05, 3.63) is 59.9 Å². The minimum absolute atomic E-state index is 0.0682. The molecule has 0 aliphatic carbocycles. The molecule has 2 aromatic rings. The number of amides is 1. The third-order valence-electron chi connectivity index (χ3n) is 6.82. The molecule has 8 nitrogen and oxygen atoms in total. The molecule has 12 heteroatoms. The Kier molecular flexibility index (Phi) is 6.62. The third-order valence-corrected chi connectivity index (χ3v) is 11.0. The molecule has 182 valence electrons. The van der Waals surface area contributed by atoms with Gasteiger partial charge in [-0.3, -0.25) is 4.79 Å². The largest absolute Gasteiger partial charge is 0.488 e. The highest BCUT2D eigenvalue weighted by molar-refractivity contribution is 7.92. The fourth-order valence-electron chi connectivity index (χ4n) is 4.77. The van der Waals surface area contributed by atoms with E-state index in [-0.39, 0.29) is 60.1 Å². The zero-order chi connectivity index (χ0) is 24.7. The molecule has 0 aromatic heterocycles. The predicted molar refractivity (Wildman–Crippen MR) is 124 cm³/mol.